The normalized spacial score (nSPS) is 10.5. The van der Waals surface area contributed by atoms with Crippen molar-refractivity contribution in [1.29, 1.82) is 0 Å². The molecular weight excluding hydrogens is 260 g/mol. The van der Waals surface area contributed by atoms with E-state index in [4.69, 9.17) is 24.7 Å². The number of anilines is 1. The SMILES string of the molecule is CCCOc1nc(OCCOCCCOC)ccc1N. The maximum atomic E-state index is 5.77. The smallest absolute Gasteiger partial charge is 0.240 e. The average molecular weight is 284 g/mol. The molecule has 1 aromatic heterocycles. The van der Waals surface area contributed by atoms with Crippen molar-refractivity contribution in [2.24, 2.45) is 0 Å². The Bertz CT molecular complexity index is 374. The van der Waals surface area contributed by atoms with Gasteiger partial charge in [0.05, 0.1) is 18.9 Å². The second-order valence-electron chi connectivity index (χ2n) is 4.20. The summed E-state index contributed by atoms with van der Waals surface area (Å²) in [6, 6.07) is 3.45. The van der Waals surface area contributed by atoms with Crippen LogP contribution in [0.25, 0.3) is 0 Å². The number of aromatic nitrogens is 1. The molecule has 0 amide bonds. The summed E-state index contributed by atoms with van der Waals surface area (Å²) in [5, 5.41) is 0. The van der Waals surface area contributed by atoms with Gasteiger partial charge in [-0.2, -0.15) is 4.98 Å². The van der Waals surface area contributed by atoms with E-state index in [0.717, 1.165) is 12.8 Å². The van der Waals surface area contributed by atoms with Crippen molar-refractivity contribution >= 4 is 5.69 Å². The summed E-state index contributed by atoms with van der Waals surface area (Å²) in [6.07, 6.45) is 1.78. The van der Waals surface area contributed by atoms with Crippen LogP contribution in [0.1, 0.15) is 19.8 Å². The summed E-state index contributed by atoms with van der Waals surface area (Å²) < 4.78 is 21.2. The Balaban J connectivity index is 2.26. The van der Waals surface area contributed by atoms with Gasteiger partial charge >= 0.3 is 0 Å². The molecule has 2 N–H and O–H groups in total. The van der Waals surface area contributed by atoms with Crippen LogP contribution in [0.4, 0.5) is 5.69 Å². The monoisotopic (exact) mass is 284 g/mol. The van der Waals surface area contributed by atoms with Gasteiger partial charge in [0.1, 0.15) is 6.61 Å². The molecular formula is C14H24N2O4. The number of hydrogen-bond donors (Lipinski definition) is 1. The first-order chi connectivity index (χ1) is 9.77. The molecule has 0 aliphatic rings. The highest BCUT2D eigenvalue weighted by atomic mass is 16.5. The summed E-state index contributed by atoms with van der Waals surface area (Å²) in [5.74, 6) is 0.913. The Morgan fingerprint density at radius 1 is 1.05 bits per heavy atom. The first-order valence-electron chi connectivity index (χ1n) is 6.86. The van der Waals surface area contributed by atoms with Crippen LogP contribution in [-0.4, -0.2) is 45.1 Å². The fraction of sp³-hybridized carbons (Fsp3) is 0.643. The Hall–Kier alpha value is -1.53. The minimum Gasteiger partial charge on any atom is -0.476 e. The second-order valence-corrected chi connectivity index (χ2v) is 4.20. The zero-order chi connectivity index (χ0) is 14.6. The fourth-order valence-electron chi connectivity index (χ4n) is 1.44. The summed E-state index contributed by atoms with van der Waals surface area (Å²) in [6.45, 7) is 4.94. The van der Waals surface area contributed by atoms with Crippen LogP contribution >= 0.6 is 0 Å². The number of nitrogens with two attached hydrogens (primary N) is 1. The molecule has 0 bridgehead atoms. The molecule has 0 saturated heterocycles. The molecule has 1 heterocycles. The van der Waals surface area contributed by atoms with Gasteiger partial charge in [-0.3, -0.25) is 0 Å². The van der Waals surface area contributed by atoms with Crippen molar-refractivity contribution < 1.29 is 18.9 Å². The average Bonchev–Trinajstić information content (AvgIpc) is 2.46. The highest BCUT2D eigenvalue weighted by Gasteiger charge is 2.05. The molecule has 6 heteroatoms. The summed E-state index contributed by atoms with van der Waals surface area (Å²) >= 11 is 0. The van der Waals surface area contributed by atoms with Crippen molar-refractivity contribution in [3.63, 3.8) is 0 Å². The van der Waals surface area contributed by atoms with E-state index >= 15 is 0 Å². The third kappa shape index (κ3) is 6.58. The van der Waals surface area contributed by atoms with Gasteiger partial charge in [0, 0.05) is 26.4 Å². The third-order valence-electron chi connectivity index (χ3n) is 2.42. The lowest BCUT2D eigenvalue weighted by atomic mass is 10.4. The molecule has 0 aliphatic carbocycles. The van der Waals surface area contributed by atoms with Crippen molar-refractivity contribution in [1.82, 2.24) is 4.98 Å². The maximum Gasteiger partial charge on any atom is 0.240 e. The van der Waals surface area contributed by atoms with Gasteiger partial charge in [-0.05, 0) is 18.9 Å². The van der Waals surface area contributed by atoms with Crippen molar-refractivity contribution in [3.05, 3.63) is 12.1 Å². The Kier molecular flexibility index (Phi) is 8.49. The molecule has 114 valence electrons. The van der Waals surface area contributed by atoms with Crippen LogP contribution in [0.15, 0.2) is 12.1 Å². The van der Waals surface area contributed by atoms with E-state index in [9.17, 15) is 0 Å². The van der Waals surface area contributed by atoms with E-state index in [0.29, 0.717) is 50.5 Å². The molecule has 20 heavy (non-hydrogen) atoms. The predicted octanol–water partition coefficient (Wildman–Crippen LogP) is 1.88. The highest BCUT2D eigenvalue weighted by molar-refractivity contribution is 5.49. The van der Waals surface area contributed by atoms with Crippen LogP contribution < -0.4 is 15.2 Å². The Morgan fingerprint density at radius 3 is 2.65 bits per heavy atom. The van der Waals surface area contributed by atoms with Gasteiger partial charge in [-0.15, -0.1) is 0 Å². The van der Waals surface area contributed by atoms with Crippen LogP contribution in [0.5, 0.6) is 11.8 Å². The fourth-order valence-corrected chi connectivity index (χ4v) is 1.44. The first-order valence-corrected chi connectivity index (χ1v) is 6.86. The van der Waals surface area contributed by atoms with E-state index in [-0.39, 0.29) is 0 Å². The quantitative estimate of drug-likeness (QED) is 0.625. The van der Waals surface area contributed by atoms with E-state index in [1.165, 1.54) is 0 Å². The number of pyridine rings is 1. The van der Waals surface area contributed by atoms with Crippen LogP contribution in [0.3, 0.4) is 0 Å². The first kappa shape index (κ1) is 16.5. The molecule has 0 fully saturated rings. The standard InChI is InChI=1S/C14H24N2O4/c1-3-7-20-14-12(15)5-6-13(16-14)19-11-10-18-9-4-8-17-2/h5-6H,3-4,7-11,15H2,1-2H3. The topological polar surface area (TPSA) is 75.8 Å². The molecule has 0 unspecified atom stereocenters. The van der Waals surface area contributed by atoms with E-state index in [1.54, 1.807) is 19.2 Å². The lowest BCUT2D eigenvalue weighted by Crippen LogP contribution is -2.10. The lowest BCUT2D eigenvalue weighted by molar-refractivity contribution is 0.0793. The van der Waals surface area contributed by atoms with E-state index in [2.05, 4.69) is 4.98 Å². The van der Waals surface area contributed by atoms with Gasteiger partial charge in [0.15, 0.2) is 0 Å². The largest absolute Gasteiger partial charge is 0.476 e. The summed E-state index contributed by atoms with van der Waals surface area (Å²) in [5.41, 5.74) is 6.29. The molecule has 0 spiro atoms. The lowest BCUT2D eigenvalue weighted by Gasteiger charge is -2.10. The molecule has 0 aliphatic heterocycles. The Morgan fingerprint density at radius 2 is 1.90 bits per heavy atom. The number of nitrogen functional groups attached to an aromatic ring is 1. The summed E-state index contributed by atoms with van der Waals surface area (Å²) in [7, 11) is 1.67. The van der Waals surface area contributed by atoms with Crippen molar-refractivity contribution in [2.45, 2.75) is 19.8 Å². The van der Waals surface area contributed by atoms with E-state index < -0.39 is 0 Å². The minimum absolute atomic E-state index is 0.422. The van der Waals surface area contributed by atoms with E-state index in [1.807, 2.05) is 6.92 Å². The maximum absolute atomic E-state index is 5.77. The molecule has 0 aromatic carbocycles. The minimum atomic E-state index is 0.422. The van der Waals surface area contributed by atoms with Gasteiger partial charge in [-0.25, -0.2) is 0 Å². The number of ether oxygens (including phenoxy) is 4. The predicted molar refractivity (Wildman–Crippen MR) is 77.2 cm³/mol. The highest BCUT2D eigenvalue weighted by Crippen LogP contribution is 2.22. The van der Waals surface area contributed by atoms with Crippen LogP contribution in [0, 0.1) is 0 Å². The zero-order valence-corrected chi connectivity index (χ0v) is 12.3. The zero-order valence-electron chi connectivity index (χ0n) is 12.3. The van der Waals surface area contributed by atoms with Crippen LogP contribution in [0.2, 0.25) is 0 Å². The van der Waals surface area contributed by atoms with Gasteiger partial charge in [-0.1, -0.05) is 6.92 Å². The number of methoxy groups -OCH3 is 1. The molecule has 0 atom stereocenters. The summed E-state index contributed by atoms with van der Waals surface area (Å²) in [4.78, 5) is 4.21. The Labute approximate surface area is 120 Å². The molecule has 1 rings (SSSR count). The van der Waals surface area contributed by atoms with Gasteiger partial charge in [0.2, 0.25) is 11.8 Å². The molecule has 6 nitrogen and oxygen atoms in total. The molecule has 0 saturated carbocycles. The second kappa shape index (κ2) is 10.3. The number of nitrogens with zero attached hydrogens (tertiary/aromatic N) is 1. The van der Waals surface area contributed by atoms with Gasteiger partial charge in [0.25, 0.3) is 0 Å². The number of hydrogen-bond acceptors (Lipinski definition) is 6. The number of rotatable bonds is 11. The molecule has 0 radical (unpaired) electrons. The van der Waals surface area contributed by atoms with Crippen LogP contribution in [-0.2, 0) is 9.47 Å². The third-order valence-corrected chi connectivity index (χ3v) is 2.42. The van der Waals surface area contributed by atoms with Crippen molar-refractivity contribution in [2.75, 3.05) is 45.9 Å². The molecule has 1 aromatic rings. The van der Waals surface area contributed by atoms with Gasteiger partial charge < -0.3 is 24.7 Å². The van der Waals surface area contributed by atoms with Crippen molar-refractivity contribution in [3.8, 4) is 11.8 Å².